The van der Waals surface area contributed by atoms with Crippen LogP contribution in [0, 0.1) is 27.7 Å². The fraction of sp³-hybridized carbons (Fsp3) is 0.455. The van der Waals surface area contributed by atoms with E-state index < -0.39 is 0 Å². The van der Waals surface area contributed by atoms with E-state index in [0.717, 1.165) is 0 Å². The zero-order chi connectivity index (χ0) is 18.0. The maximum absolute atomic E-state index is 2.12. The normalized spacial score (nSPS) is 7.55. The molecular weight excluding hydrogens is 264 g/mol. The van der Waals surface area contributed by atoms with Gasteiger partial charge in [-0.25, -0.2) is 0 Å². The smallest absolute Gasteiger partial charge is 0.0398 e. The molecule has 0 aliphatic carbocycles. The first-order valence-electron chi connectivity index (χ1n) is 8.64. The summed E-state index contributed by atoms with van der Waals surface area (Å²) in [5, 5.41) is 0. The minimum absolute atomic E-state index is 1.33. The highest BCUT2D eigenvalue weighted by atomic mass is 13.9. The molecule has 0 heteroatoms. The highest BCUT2D eigenvalue weighted by Gasteiger charge is 1.80. The first kappa shape index (κ1) is 25.4. The molecule has 0 heterocycles. The van der Waals surface area contributed by atoms with E-state index in [-0.39, 0.29) is 0 Å². The zero-order valence-electron chi connectivity index (χ0n) is 16.6. The summed E-state index contributed by atoms with van der Waals surface area (Å²) in [4.78, 5) is 0. The molecule has 0 nitrogen and oxygen atoms in total. The number of aryl methyl sites for hydroxylation is 4. The Hall–Kier alpha value is -1.56. The zero-order valence-corrected chi connectivity index (χ0v) is 16.6. The summed E-state index contributed by atoms with van der Waals surface area (Å²) in [6.07, 6.45) is 0. The van der Waals surface area contributed by atoms with Crippen molar-refractivity contribution in [3.05, 3.63) is 70.8 Å². The molecule has 0 aliphatic rings. The Balaban J connectivity index is -0.000000246. The fourth-order valence-electron chi connectivity index (χ4n) is 1.27. The average Bonchev–Trinajstić information content (AvgIpc) is 2.59. The van der Waals surface area contributed by atoms with E-state index in [9.17, 15) is 0 Å². The third-order valence-corrected chi connectivity index (χ3v) is 2.44. The molecule has 0 fully saturated rings. The molecule has 22 heavy (non-hydrogen) atoms. The van der Waals surface area contributed by atoms with E-state index in [1.54, 1.807) is 0 Å². The summed E-state index contributed by atoms with van der Waals surface area (Å²) in [5.41, 5.74) is 5.32. The van der Waals surface area contributed by atoms with Gasteiger partial charge in [-0.3, -0.25) is 0 Å². The van der Waals surface area contributed by atoms with E-state index in [0.29, 0.717) is 0 Å². The second-order valence-electron chi connectivity index (χ2n) is 4.31. The van der Waals surface area contributed by atoms with Crippen LogP contribution in [0.25, 0.3) is 0 Å². The highest BCUT2D eigenvalue weighted by Crippen LogP contribution is 2.00. The molecule has 2 aromatic rings. The van der Waals surface area contributed by atoms with Gasteiger partial charge in [-0.15, -0.1) is 0 Å². The summed E-state index contributed by atoms with van der Waals surface area (Å²) in [6.45, 7) is 20.4. The first-order valence-corrected chi connectivity index (χ1v) is 8.64. The Kier molecular flexibility index (Phi) is 22.4. The number of hydrogen-bond acceptors (Lipinski definition) is 0. The lowest BCUT2D eigenvalue weighted by molar-refractivity contribution is 1.40. The Labute approximate surface area is 140 Å². The van der Waals surface area contributed by atoms with Crippen molar-refractivity contribution >= 4 is 0 Å². The van der Waals surface area contributed by atoms with Crippen LogP contribution in [0.2, 0.25) is 0 Å². The van der Waals surface area contributed by atoms with E-state index in [2.05, 4.69) is 76.2 Å². The quantitative estimate of drug-likeness (QED) is 0.468. The molecule has 0 saturated carbocycles. The van der Waals surface area contributed by atoms with E-state index in [1.807, 2.05) is 41.5 Å². The van der Waals surface area contributed by atoms with Crippen molar-refractivity contribution < 1.29 is 0 Å². The lowest BCUT2D eigenvalue weighted by Crippen LogP contribution is -1.70. The van der Waals surface area contributed by atoms with E-state index in [4.69, 9.17) is 0 Å². The third-order valence-electron chi connectivity index (χ3n) is 2.44. The van der Waals surface area contributed by atoms with E-state index >= 15 is 0 Å². The van der Waals surface area contributed by atoms with Gasteiger partial charge < -0.3 is 0 Å². The Bertz CT molecular complexity index is 321. The Morgan fingerprint density at radius 3 is 0.500 bits per heavy atom. The molecule has 126 valence electrons. The van der Waals surface area contributed by atoms with Gasteiger partial charge in [0, 0.05) is 0 Å². The minimum atomic E-state index is 1.33. The van der Waals surface area contributed by atoms with E-state index in [1.165, 1.54) is 22.3 Å². The molecule has 0 bridgehead atoms. The van der Waals surface area contributed by atoms with Crippen molar-refractivity contribution in [1.82, 2.24) is 0 Å². The van der Waals surface area contributed by atoms with Crippen molar-refractivity contribution in [2.24, 2.45) is 0 Å². The van der Waals surface area contributed by atoms with Crippen molar-refractivity contribution in [2.75, 3.05) is 0 Å². The lowest BCUT2D eigenvalue weighted by Gasteiger charge is -1.90. The summed E-state index contributed by atoms with van der Waals surface area (Å²) >= 11 is 0. The number of rotatable bonds is 0. The van der Waals surface area contributed by atoms with Crippen LogP contribution in [-0.2, 0) is 0 Å². The predicted molar refractivity (Wildman–Crippen MR) is 106 cm³/mol. The maximum Gasteiger partial charge on any atom is -0.0398 e. The van der Waals surface area contributed by atoms with Crippen LogP contribution in [0.15, 0.2) is 48.5 Å². The summed E-state index contributed by atoms with van der Waals surface area (Å²) < 4.78 is 0. The molecule has 0 radical (unpaired) electrons. The molecule has 0 spiro atoms. The molecule has 0 saturated heterocycles. The van der Waals surface area contributed by atoms with Gasteiger partial charge >= 0.3 is 0 Å². The van der Waals surface area contributed by atoms with Gasteiger partial charge in [-0.05, 0) is 27.7 Å². The van der Waals surface area contributed by atoms with Gasteiger partial charge in [0.1, 0.15) is 0 Å². The predicted octanol–water partition coefficient (Wildman–Crippen LogP) is 7.69. The average molecular weight is 303 g/mol. The standard InChI is InChI=1S/2C8H10.3C2H6/c2*1-7-3-5-8(2)6-4-7;3*1-2/h2*3-6H,1-2H3;3*1-2H3. The van der Waals surface area contributed by atoms with Crippen LogP contribution in [0.1, 0.15) is 63.8 Å². The molecule has 0 amide bonds. The van der Waals surface area contributed by atoms with Gasteiger partial charge in [0.15, 0.2) is 0 Å². The largest absolute Gasteiger partial charge is 0.0683 e. The summed E-state index contributed by atoms with van der Waals surface area (Å²) in [6, 6.07) is 17.0. The van der Waals surface area contributed by atoms with Crippen molar-refractivity contribution in [3.8, 4) is 0 Å². The molecular formula is C22H38. The van der Waals surface area contributed by atoms with Gasteiger partial charge in [0.25, 0.3) is 0 Å². The van der Waals surface area contributed by atoms with Crippen molar-refractivity contribution in [3.63, 3.8) is 0 Å². The van der Waals surface area contributed by atoms with Crippen molar-refractivity contribution in [2.45, 2.75) is 69.2 Å². The Morgan fingerprint density at radius 1 is 0.318 bits per heavy atom. The number of hydrogen-bond donors (Lipinski definition) is 0. The molecule has 2 rings (SSSR count). The van der Waals surface area contributed by atoms with Crippen LogP contribution in [0.5, 0.6) is 0 Å². The lowest BCUT2D eigenvalue weighted by atomic mass is 10.2. The molecule has 0 aromatic heterocycles. The van der Waals surface area contributed by atoms with Gasteiger partial charge in [-0.1, -0.05) is 112 Å². The maximum atomic E-state index is 2.12. The number of benzene rings is 2. The third kappa shape index (κ3) is 16.5. The van der Waals surface area contributed by atoms with Gasteiger partial charge in [0.05, 0.1) is 0 Å². The second kappa shape index (κ2) is 19.4. The monoisotopic (exact) mass is 302 g/mol. The van der Waals surface area contributed by atoms with Crippen LogP contribution < -0.4 is 0 Å². The van der Waals surface area contributed by atoms with Crippen LogP contribution in [-0.4, -0.2) is 0 Å². The van der Waals surface area contributed by atoms with Gasteiger partial charge in [-0.2, -0.15) is 0 Å². The van der Waals surface area contributed by atoms with Crippen LogP contribution in [0.3, 0.4) is 0 Å². The Morgan fingerprint density at radius 2 is 0.409 bits per heavy atom. The van der Waals surface area contributed by atoms with Crippen LogP contribution >= 0.6 is 0 Å². The van der Waals surface area contributed by atoms with Gasteiger partial charge in [0.2, 0.25) is 0 Å². The summed E-state index contributed by atoms with van der Waals surface area (Å²) in [7, 11) is 0. The van der Waals surface area contributed by atoms with Crippen molar-refractivity contribution in [1.29, 1.82) is 0 Å². The molecule has 0 atom stereocenters. The minimum Gasteiger partial charge on any atom is -0.0683 e. The molecule has 2 aromatic carbocycles. The van der Waals surface area contributed by atoms with Crippen LogP contribution in [0.4, 0.5) is 0 Å². The fourth-order valence-corrected chi connectivity index (χ4v) is 1.27. The SMILES string of the molecule is CC.CC.CC.Cc1ccc(C)cc1.Cc1ccc(C)cc1. The molecule has 0 unspecified atom stereocenters. The molecule has 0 aliphatic heterocycles. The molecule has 0 N–H and O–H groups in total. The second-order valence-corrected chi connectivity index (χ2v) is 4.31. The first-order chi connectivity index (χ1) is 10.6. The summed E-state index contributed by atoms with van der Waals surface area (Å²) in [5.74, 6) is 0. The topological polar surface area (TPSA) is 0 Å². The highest BCUT2D eigenvalue weighted by molar-refractivity contribution is 5.20.